The maximum atomic E-state index is 4.58. The lowest BCUT2D eigenvalue weighted by Gasteiger charge is -2.18. The van der Waals surface area contributed by atoms with Crippen molar-refractivity contribution in [3.8, 4) is 0 Å². The number of guanidine groups is 1. The third-order valence-corrected chi connectivity index (χ3v) is 3.81. The van der Waals surface area contributed by atoms with Crippen LogP contribution in [0.2, 0.25) is 0 Å². The van der Waals surface area contributed by atoms with E-state index in [4.69, 9.17) is 0 Å². The van der Waals surface area contributed by atoms with Crippen LogP contribution in [-0.2, 0) is 0 Å². The normalized spacial score (nSPS) is 18.2. The fraction of sp³-hybridized carbons (Fsp3) is 0.400. The van der Waals surface area contributed by atoms with Crippen molar-refractivity contribution < 1.29 is 9.89 Å². The molecule has 110 valence electrons. The first-order valence-electron chi connectivity index (χ1n) is 7.36. The van der Waals surface area contributed by atoms with Crippen molar-refractivity contribution in [2.45, 2.75) is 20.8 Å². The van der Waals surface area contributed by atoms with Gasteiger partial charge in [0, 0.05) is 5.39 Å². The zero-order valence-corrected chi connectivity index (χ0v) is 12.7. The van der Waals surface area contributed by atoms with Crippen LogP contribution in [0.15, 0.2) is 18.2 Å². The molecule has 1 aliphatic heterocycles. The van der Waals surface area contributed by atoms with Crippen molar-refractivity contribution in [3.63, 3.8) is 0 Å². The summed E-state index contributed by atoms with van der Waals surface area (Å²) < 4.78 is 0. The van der Waals surface area contributed by atoms with Gasteiger partial charge in [-0.05, 0) is 32.9 Å². The van der Waals surface area contributed by atoms with Crippen LogP contribution in [0.1, 0.15) is 18.2 Å². The summed E-state index contributed by atoms with van der Waals surface area (Å²) in [6.45, 7) is 9.17. The first kappa shape index (κ1) is 13.8. The number of aryl methyl sites for hydroxylation is 2. The van der Waals surface area contributed by atoms with Gasteiger partial charge in [-0.1, -0.05) is 11.6 Å². The molecule has 0 saturated heterocycles. The number of nitrogens with zero attached hydrogens (tertiary/aromatic N) is 2. The molecular weight excluding hydrogens is 264 g/mol. The minimum atomic E-state index is 0.624. The Balaban J connectivity index is 1.85. The number of aromatic nitrogens is 2. The second-order valence-electron chi connectivity index (χ2n) is 5.46. The van der Waals surface area contributed by atoms with Crippen LogP contribution < -0.4 is 20.5 Å². The first-order valence-corrected chi connectivity index (χ1v) is 7.36. The molecular formula is C15H22N6+2. The van der Waals surface area contributed by atoms with Crippen molar-refractivity contribution in [1.82, 2.24) is 15.3 Å². The van der Waals surface area contributed by atoms with Crippen LogP contribution in [0, 0.1) is 13.8 Å². The molecule has 21 heavy (non-hydrogen) atoms. The van der Waals surface area contributed by atoms with Crippen LogP contribution >= 0.6 is 0 Å². The molecule has 0 saturated carbocycles. The van der Waals surface area contributed by atoms with Crippen molar-refractivity contribution in [2.75, 3.05) is 25.2 Å². The van der Waals surface area contributed by atoms with E-state index in [1.807, 2.05) is 13.0 Å². The van der Waals surface area contributed by atoms with Crippen LogP contribution in [-0.4, -0.2) is 35.8 Å². The average Bonchev–Trinajstić information content (AvgIpc) is 2.49. The van der Waals surface area contributed by atoms with E-state index < -0.39 is 0 Å². The Morgan fingerprint density at radius 1 is 1.33 bits per heavy atom. The zero-order chi connectivity index (χ0) is 14.8. The van der Waals surface area contributed by atoms with Gasteiger partial charge in [0.05, 0.1) is 17.8 Å². The highest BCUT2D eigenvalue weighted by atomic mass is 15.4. The Labute approximate surface area is 124 Å². The van der Waals surface area contributed by atoms with Crippen LogP contribution in [0.5, 0.6) is 0 Å². The Morgan fingerprint density at radius 2 is 2.19 bits per heavy atom. The quantitative estimate of drug-likeness (QED) is 0.543. The molecule has 2 heterocycles. The van der Waals surface area contributed by atoms with Crippen LogP contribution in [0.4, 0.5) is 5.95 Å². The standard InChI is InChI=1S/C15H20N6/c1-4-21-8-16-14(17-9-21)20-15-18-11(3)12-7-10(2)5-6-13(12)19-15/h5-7H,4,8-9H2,1-3H3,(H2,16,17,18,19,20)/p+2. The molecule has 1 aromatic carbocycles. The third-order valence-electron chi connectivity index (χ3n) is 3.81. The molecule has 2 aromatic rings. The molecule has 1 unspecified atom stereocenters. The number of anilines is 1. The number of nitrogens with one attached hydrogen (secondary N) is 4. The summed E-state index contributed by atoms with van der Waals surface area (Å²) in [5, 5.41) is 7.66. The fourth-order valence-electron chi connectivity index (χ4n) is 2.45. The molecule has 0 bridgehead atoms. The third kappa shape index (κ3) is 2.95. The van der Waals surface area contributed by atoms with Crippen molar-refractivity contribution >= 4 is 22.8 Å². The minimum absolute atomic E-state index is 0.624. The van der Waals surface area contributed by atoms with E-state index in [0.717, 1.165) is 42.4 Å². The summed E-state index contributed by atoms with van der Waals surface area (Å²) in [5.41, 5.74) is 3.18. The number of hydrogen-bond acceptors (Lipinski definition) is 4. The molecule has 1 aromatic heterocycles. The Kier molecular flexibility index (Phi) is 3.70. The summed E-state index contributed by atoms with van der Waals surface area (Å²) in [6.07, 6.45) is 0. The van der Waals surface area contributed by atoms with E-state index in [9.17, 15) is 0 Å². The van der Waals surface area contributed by atoms with E-state index in [0.29, 0.717) is 5.95 Å². The first-order chi connectivity index (χ1) is 10.2. The Hall–Kier alpha value is -2.21. The van der Waals surface area contributed by atoms with Crippen molar-refractivity contribution in [1.29, 1.82) is 0 Å². The highest BCUT2D eigenvalue weighted by molar-refractivity contribution is 5.89. The minimum Gasteiger partial charge on any atom is -0.277 e. The molecule has 0 amide bonds. The van der Waals surface area contributed by atoms with E-state index in [2.05, 4.69) is 51.6 Å². The number of quaternary nitrogens is 1. The van der Waals surface area contributed by atoms with Gasteiger partial charge in [0.15, 0.2) is 13.3 Å². The van der Waals surface area contributed by atoms with Gasteiger partial charge in [-0.25, -0.2) is 20.6 Å². The molecule has 1 aliphatic rings. The van der Waals surface area contributed by atoms with E-state index in [1.54, 1.807) is 0 Å². The lowest BCUT2D eigenvalue weighted by atomic mass is 10.1. The van der Waals surface area contributed by atoms with Gasteiger partial charge in [-0.2, -0.15) is 4.98 Å². The van der Waals surface area contributed by atoms with Gasteiger partial charge in [-0.15, -0.1) is 0 Å². The highest BCUT2D eigenvalue weighted by Gasteiger charge is 2.19. The smallest absolute Gasteiger partial charge is 0.277 e. The number of rotatable bonds is 2. The number of benzene rings is 1. The SMILES string of the molecule is CC[NH+]1CNC(Nc2nc(C)c3cc(C)ccc3n2)=[NH+]C1. The van der Waals surface area contributed by atoms with E-state index in [1.165, 1.54) is 10.5 Å². The summed E-state index contributed by atoms with van der Waals surface area (Å²) >= 11 is 0. The van der Waals surface area contributed by atoms with Gasteiger partial charge in [0.1, 0.15) is 0 Å². The number of hydrogen-bond donors (Lipinski definition) is 4. The van der Waals surface area contributed by atoms with E-state index in [-0.39, 0.29) is 0 Å². The molecule has 6 heteroatoms. The Morgan fingerprint density at radius 3 is 2.90 bits per heavy atom. The zero-order valence-electron chi connectivity index (χ0n) is 12.7. The second-order valence-corrected chi connectivity index (χ2v) is 5.46. The number of fused-ring (bicyclic) bond motifs is 1. The summed E-state index contributed by atoms with van der Waals surface area (Å²) in [5.74, 6) is 1.50. The topological polar surface area (TPSA) is 68.2 Å². The molecule has 3 rings (SSSR count). The molecule has 0 fully saturated rings. The largest absolute Gasteiger partial charge is 0.359 e. The maximum Gasteiger partial charge on any atom is 0.359 e. The van der Waals surface area contributed by atoms with E-state index >= 15 is 0 Å². The summed E-state index contributed by atoms with van der Waals surface area (Å²) in [6, 6.07) is 6.24. The van der Waals surface area contributed by atoms with Crippen molar-refractivity contribution in [2.24, 2.45) is 0 Å². The maximum absolute atomic E-state index is 4.58. The lowest BCUT2D eigenvalue weighted by Crippen LogP contribution is -3.24. The fourth-order valence-corrected chi connectivity index (χ4v) is 2.45. The van der Waals surface area contributed by atoms with Gasteiger partial charge < -0.3 is 0 Å². The van der Waals surface area contributed by atoms with Crippen molar-refractivity contribution in [3.05, 3.63) is 29.5 Å². The lowest BCUT2D eigenvalue weighted by molar-refractivity contribution is -0.979. The predicted molar refractivity (Wildman–Crippen MR) is 83.0 cm³/mol. The molecule has 4 N–H and O–H groups in total. The van der Waals surface area contributed by atoms with Crippen LogP contribution in [0.25, 0.3) is 10.9 Å². The van der Waals surface area contributed by atoms with Gasteiger partial charge in [-0.3, -0.25) is 4.90 Å². The predicted octanol–water partition coefficient (Wildman–Crippen LogP) is -1.48. The van der Waals surface area contributed by atoms with Gasteiger partial charge >= 0.3 is 5.96 Å². The molecule has 0 spiro atoms. The summed E-state index contributed by atoms with van der Waals surface area (Å²) in [4.78, 5) is 13.9. The molecule has 6 nitrogen and oxygen atoms in total. The summed E-state index contributed by atoms with van der Waals surface area (Å²) in [7, 11) is 0. The van der Waals surface area contributed by atoms with Crippen LogP contribution in [0.3, 0.4) is 0 Å². The highest BCUT2D eigenvalue weighted by Crippen LogP contribution is 2.18. The molecule has 0 aliphatic carbocycles. The van der Waals surface area contributed by atoms with Gasteiger partial charge in [0.2, 0.25) is 0 Å². The second kappa shape index (κ2) is 5.65. The average molecular weight is 286 g/mol. The van der Waals surface area contributed by atoms with Gasteiger partial charge in [0.25, 0.3) is 5.95 Å². The molecule has 1 atom stereocenters. The Bertz CT molecular complexity index is 694. The monoisotopic (exact) mass is 286 g/mol. The molecule has 0 radical (unpaired) electrons.